The Morgan fingerprint density at radius 3 is 1.98 bits per heavy atom. The van der Waals surface area contributed by atoms with Crippen molar-refractivity contribution in [2.45, 2.75) is 98.5 Å². The molecule has 318 valence electrons. The molecule has 0 aliphatic rings. The van der Waals surface area contributed by atoms with Gasteiger partial charge in [0.2, 0.25) is 0 Å². The molecule has 0 radical (unpaired) electrons. The van der Waals surface area contributed by atoms with Crippen LogP contribution in [0.4, 0.5) is 0 Å². The molecular formula is C57H58N3OPt-. The number of aryl methyl sites for hydroxylation is 1. The van der Waals surface area contributed by atoms with Crippen molar-refractivity contribution in [1.29, 1.82) is 0 Å². The van der Waals surface area contributed by atoms with Crippen LogP contribution in [0.2, 0.25) is 0 Å². The minimum atomic E-state index is -3.40. The molecule has 0 unspecified atom stereocenters. The molecule has 0 saturated carbocycles. The summed E-state index contributed by atoms with van der Waals surface area (Å²) in [6.45, 7) is 0.382. The zero-order valence-electron chi connectivity index (χ0n) is 49.8. The van der Waals surface area contributed by atoms with E-state index < -0.39 is 50.0 Å². The van der Waals surface area contributed by atoms with Gasteiger partial charge < -0.3 is 5.11 Å². The second-order valence-corrected chi connectivity index (χ2v) is 17.1. The largest absolute Gasteiger partial charge is 0.507 e. The molecule has 5 heteroatoms. The molecule has 1 N–H and O–H groups in total. The van der Waals surface area contributed by atoms with Gasteiger partial charge in [-0.2, -0.15) is 0 Å². The van der Waals surface area contributed by atoms with Crippen molar-refractivity contribution < 1.29 is 45.4 Å². The summed E-state index contributed by atoms with van der Waals surface area (Å²) in [7, 11) is 0. The van der Waals surface area contributed by atoms with Gasteiger partial charge in [-0.1, -0.05) is 159 Å². The number of aromatic nitrogens is 3. The summed E-state index contributed by atoms with van der Waals surface area (Å²) in [5.74, 6) is -1.99. The van der Waals surface area contributed by atoms with Gasteiger partial charge in [-0.15, -0.1) is 29.3 Å². The fourth-order valence-electron chi connectivity index (χ4n) is 7.94. The average Bonchev–Trinajstić information content (AvgIpc) is 3.68. The molecule has 0 aliphatic heterocycles. The van der Waals surface area contributed by atoms with E-state index in [1.807, 2.05) is 60.7 Å². The number of hydrogen-bond donors (Lipinski definition) is 1. The second-order valence-electron chi connectivity index (χ2n) is 17.1. The number of imidazole rings is 1. The molecule has 62 heavy (non-hydrogen) atoms. The summed E-state index contributed by atoms with van der Waals surface area (Å²) in [4.78, 5) is 9.98. The van der Waals surface area contributed by atoms with E-state index in [-0.39, 0.29) is 49.5 Å². The van der Waals surface area contributed by atoms with E-state index in [1.165, 1.54) is 24.3 Å². The normalized spacial score (nSPS) is 16.5. The number of aromatic hydroxyl groups is 1. The molecule has 0 bridgehead atoms. The molecule has 6 aromatic carbocycles. The van der Waals surface area contributed by atoms with Gasteiger partial charge in [-0.25, -0.2) is 4.98 Å². The molecule has 0 aliphatic carbocycles. The molecule has 4 nitrogen and oxygen atoms in total. The standard InChI is InChI=1S/C57H58N3O.Pt/c1-35(2)45-17-14-18-46(36(3)4)53(45)40-24-27-50(37(5)30-40)60-51-20-15-19-47(54(51)59-55(60)48-16-12-13-21-52(48)61)41-31-42(33-44(32-41)57(9,10)11)49-34-39(28-29-58-49)38-22-25-43(26-23-38)56(6,7)8;/h12-30,32-36,61H,1-11H3;/q-1;/i5D3,6D3,7D3,8D3,35D,36D;. The zero-order chi connectivity index (χ0) is 55.2. The van der Waals surface area contributed by atoms with E-state index in [9.17, 15) is 5.11 Å². The van der Waals surface area contributed by atoms with Crippen molar-refractivity contribution in [3.8, 4) is 67.5 Å². The molecule has 2 heterocycles. The van der Waals surface area contributed by atoms with Crippen LogP contribution in [-0.4, -0.2) is 19.6 Å². The van der Waals surface area contributed by atoms with Crippen LogP contribution in [0.1, 0.15) is 128 Å². The maximum Gasteiger partial charge on any atom is 0.148 e. The Balaban J connectivity index is 0.00000840. The number of rotatable bonds is 8. The van der Waals surface area contributed by atoms with Crippen molar-refractivity contribution in [3.05, 3.63) is 167 Å². The van der Waals surface area contributed by atoms with Crippen molar-refractivity contribution >= 4 is 11.0 Å². The summed E-state index contributed by atoms with van der Waals surface area (Å²) in [6.07, 6.45) is 1.60. The van der Waals surface area contributed by atoms with Gasteiger partial charge in [-0.3, -0.25) is 9.55 Å². The third-order valence-corrected chi connectivity index (χ3v) is 11.2. The Hall–Kier alpha value is -5.57. The van der Waals surface area contributed by atoms with Gasteiger partial charge in [0, 0.05) is 52.1 Å². The second kappa shape index (κ2) is 17.3. The van der Waals surface area contributed by atoms with E-state index in [1.54, 1.807) is 80.9 Å². The number of para-hydroxylation sites is 2. The van der Waals surface area contributed by atoms with Gasteiger partial charge in [0.25, 0.3) is 0 Å². The number of fused-ring (bicyclic) bond motifs is 1. The SMILES string of the molecule is [2H]C([2H])([2H])c1cc(-c2c(C([2H])(C)C)cccc2C([2H])(C)C)ccc1-n1c(-c2ccccc2O)nc2c(-c3[c-]c(-c4cc(-c5ccc(C(C([2H])([2H])[2H])(C([2H])([2H])[2H])C([2H])([2H])[2H])cc5)ccn4)cc(C(C)(C)C)c3)cccc21.[Pt]. The first-order chi connectivity index (χ1) is 34.6. The summed E-state index contributed by atoms with van der Waals surface area (Å²) in [6, 6.07) is 39.6. The summed E-state index contributed by atoms with van der Waals surface area (Å²) < 4.78 is 120. The predicted molar refractivity (Wildman–Crippen MR) is 257 cm³/mol. The first-order valence-electron chi connectivity index (χ1n) is 27.3. The Labute approximate surface area is 403 Å². The minimum absolute atomic E-state index is 0. The molecule has 0 fully saturated rings. The van der Waals surface area contributed by atoms with Crippen molar-refractivity contribution in [2.24, 2.45) is 0 Å². The van der Waals surface area contributed by atoms with Crippen LogP contribution in [0.25, 0.3) is 72.7 Å². The molecule has 2 aromatic heterocycles. The van der Waals surface area contributed by atoms with Gasteiger partial charge in [0.15, 0.2) is 0 Å². The molecule has 8 rings (SSSR count). The van der Waals surface area contributed by atoms with Crippen molar-refractivity contribution in [1.82, 2.24) is 14.5 Å². The number of phenolic OH excluding ortho intramolecular Hbond substituents is 1. The minimum Gasteiger partial charge on any atom is -0.507 e. The summed E-state index contributed by atoms with van der Waals surface area (Å²) in [5, 5.41) is 11.4. The van der Waals surface area contributed by atoms with Gasteiger partial charge in [-0.05, 0) is 110 Å². The monoisotopic (exact) mass is 1010 g/mol. The van der Waals surface area contributed by atoms with Gasteiger partial charge in [0.1, 0.15) is 11.6 Å². The maximum atomic E-state index is 11.4. The fourth-order valence-corrected chi connectivity index (χ4v) is 7.94. The molecule has 8 aromatic rings. The van der Waals surface area contributed by atoms with Crippen LogP contribution >= 0.6 is 0 Å². The first kappa shape index (κ1) is 29.7. The van der Waals surface area contributed by atoms with Gasteiger partial charge >= 0.3 is 0 Å². The van der Waals surface area contributed by atoms with Crippen LogP contribution in [0.5, 0.6) is 5.75 Å². The summed E-state index contributed by atoms with van der Waals surface area (Å²) in [5.41, 5.74) is 4.66. The van der Waals surface area contributed by atoms with Crippen LogP contribution in [0, 0.1) is 12.9 Å². The number of benzene rings is 6. The molecular weight excluding hydrogens is 938 g/mol. The van der Waals surface area contributed by atoms with E-state index in [0.29, 0.717) is 72.4 Å². The number of nitrogens with zero attached hydrogens (tertiary/aromatic N) is 3. The van der Waals surface area contributed by atoms with Crippen molar-refractivity contribution in [2.75, 3.05) is 0 Å². The van der Waals surface area contributed by atoms with E-state index in [2.05, 4.69) is 26.8 Å². The van der Waals surface area contributed by atoms with Gasteiger partial charge in [0.05, 0.1) is 22.3 Å². The van der Waals surface area contributed by atoms with E-state index >= 15 is 0 Å². The molecule has 0 spiro atoms. The first-order valence-corrected chi connectivity index (χ1v) is 20.3. The van der Waals surface area contributed by atoms with Crippen LogP contribution in [0.3, 0.4) is 0 Å². The Bertz CT molecular complexity index is 3390. The maximum absolute atomic E-state index is 11.4. The van der Waals surface area contributed by atoms with Crippen LogP contribution in [0.15, 0.2) is 134 Å². The fraction of sp³-hybridized carbons (Fsp3) is 0.263. The number of phenols is 1. The Kier molecular flexibility index (Phi) is 8.28. The molecule has 0 amide bonds. The summed E-state index contributed by atoms with van der Waals surface area (Å²) >= 11 is 0. The van der Waals surface area contributed by atoms with Crippen molar-refractivity contribution in [3.63, 3.8) is 0 Å². The quantitative estimate of drug-likeness (QED) is 0.154. The third kappa shape index (κ3) is 8.60. The smallest absolute Gasteiger partial charge is 0.148 e. The third-order valence-electron chi connectivity index (χ3n) is 11.2. The van der Waals surface area contributed by atoms with Crippen LogP contribution < -0.4 is 0 Å². The predicted octanol–water partition coefficient (Wildman–Crippen LogP) is 15.4. The molecule has 0 atom stereocenters. The topological polar surface area (TPSA) is 50.9 Å². The Morgan fingerprint density at radius 2 is 1.32 bits per heavy atom. The Morgan fingerprint density at radius 1 is 0.661 bits per heavy atom. The number of pyridine rings is 1. The molecule has 0 saturated heterocycles. The van der Waals surface area contributed by atoms with Crippen LogP contribution in [-0.2, 0) is 31.9 Å². The number of hydrogen-bond acceptors (Lipinski definition) is 3. The van der Waals surface area contributed by atoms with E-state index in [0.717, 1.165) is 5.56 Å². The average molecular weight is 1010 g/mol. The zero-order valence-corrected chi connectivity index (χ0v) is 38.1. The van der Waals surface area contributed by atoms with E-state index in [4.69, 9.17) is 29.2 Å².